The topological polar surface area (TPSA) is 87.5 Å². The van der Waals surface area contributed by atoms with Crippen LogP contribution < -0.4 is 16.4 Å². The van der Waals surface area contributed by atoms with Crippen molar-refractivity contribution in [3.8, 4) is 0 Å². The number of nitrogens with one attached hydrogen (secondary N) is 2. The van der Waals surface area contributed by atoms with Crippen molar-refractivity contribution in [2.45, 2.75) is 38.1 Å². The molecule has 1 aliphatic rings. The normalized spacial score (nSPS) is 16.5. The number of anilines is 2. The zero-order valence-electron chi connectivity index (χ0n) is 15.5. The molecular formula is C19H30N4O2S. The first-order valence-electron chi connectivity index (χ1n) is 9.26. The molecule has 4 N–H and O–H groups in total. The van der Waals surface area contributed by atoms with Gasteiger partial charge < -0.3 is 16.4 Å². The van der Waals surface area contributed by atoms with Crippen molar-refractivity contribution in [3.63, 3.8) is 0 Å². The number of carbonyl (C=O) groups excluding carboxylic acids is 2. The van der Waals surface area contributed by atoms with Crippen LogP contribution in [0.4, 0.5) is 11.4 Å². The van der Waals surface area contributed by atoms with E-state index in [1.54, 1.807) is 23.9 Å². The molecule has 2 rings (SSSR count). The van der Waals surface area contributed by atoms with E-state index >= 15 is 0 Å². The first-order valence-corrected chi connectivity index (χ1v) is 10.7. The van der Waals surface area contributed by atoms with Crippen LogP contribution >= 0.6 is 11.8 Å². The van der Waals surface area contributed by atoms with E-state index in [1.165, 1.54) is 12.8 Å². The molecule has 1 fully saturated rings. The second-order valence-corrected chi connectivity index (χ2v) is 7.68. The molecule has 1 aromatic carbocycles. The number of hydrogen-bond donors (Lipinski definition) is 3. The number of benzene rings is 1. The number of rotatable bonds is 8. The fourth-order valence-electron chi connectivity index (χ4n) is 2.98. The summed E-state index contributed by atoms with van der Waals surface area (Å²) in [5, 5.41) is 5.74. The molecule has 0 unspecified atom stereocenters. The van der Waals surface area contributed by atoms with Gasteiger partial charge in [-0.15, -0.1) is 0 Å². The zero-order valence-corrected chi connectivity index (χ0v) is 16.3. The van der Waals surface area contributed by atoms with E-state index in [1.807, 2.05) is 18.4 Å². The SMILES string of the molecule is CSCC[C@H](N)C(=O)Nc1cccc(NC(=O)CN2CCCCCC2)c1. The van der Waals surface area contributed by atoms with Crippen molar-refractivity contribution in [1.82, 2.24) is 4.90 Å². The van der Waals surface area contributed by atoms with Crippen molar-refractivity contribution in [1.29, 1.82) is 0 Å². The molecule has 1 aliphatic heterocycles. The Labute approximate surface area is 160 Å². The Balaban J connectivity index is 1.85. The minimum Gasteiger partial charge on any atom is -0.325 e. The highest BCUT2D eigenvalue weighted by Crippen LogP contribution is 2.16. The Hall–Kier alpha value is -1.57. The lowest BCUT2D eigenvalue weighted by Gasteiger charge is -2.19. The lowest BCUT2D eigenvalue weighted by molar-refractivity contribution is -0.118. The highest BCUT2D eigenvalue weighted by Gasteiger charge is 2.15. The van der Waals surface area contributed by atoms with E-state index in [-0.39, 0.29) is 11.8 Å². The molecule has 1 atom stereocenters. The minimum absolute atomic E-state index is 0.0213. The van der Waals surface area contributed by atoms with Gasteiger partial charge in [-0.3, -0.25) is 14.5 Å². The summed E-state index contributed by atoms with van der Waals surface area (Å²) >= 11 is 1.67. The van der Waals surface area contributed by atoms with Crippen LogP contribution in [0.25, 0.3) is 0 Å². The molecule has 26 heavy (non-hydrogen) atoms. The van der Waals surface area contributed by atoms with Gasteiger partial charge in [0.15, 0.2) is 0 Å². The van der Waals surface area contributed by atoms with Gasteiger partial charge in [-0.05, 0) is 62.6 Å². The van der Waals surface area contributed by atoms with Gasteiger partial charge in [0, 0.05) is 11.4 Å². The van der Waals surface area contributed by atoms with Crippen LogP contribution in [0.1, 0.15) is 32.1 Å². The van der Waals surface area contributed by atoms with E-state index in [0.29, 0.717) is 24.3 Å². The molecule has 0 saturated carbocycles. The van der Waals surface area contributed by atoms with Crippen LogP contribution in [0, 0.1) is 0 Å². The molecule has 0 aliphatic carbocycles. The maximum atomic E-state index is 12.3. The van der Waals surface area contributed by atoms with E-state index in [9.17, 15) is 9.59 Å². The van der Waals surface area contributed by atoms with Crippen molar-refractivity contribution in [3.05, 3.63) is 24.3 Å². The Morgan fingerprint density at radius 1 is 1.15 bits per heavy atom. The second-order valence-electron chi connectivity index (χ2n) is 6.70. The van der Waals surface area contributed by atoms with E-state index in [4.69, 9.17) is 5.73 Å². The summed E-state index contributed by atoms with van der Waals surface area (Å²) in [6, 6.07) is 6.67. The van der Waals surface area contributed by atoms with Crippen molar-refractivity contribution in [2.24, 2.45) is 5.73 Å². The predicted octanol–water partition coefficient (Wildman–Crippen LogP) is 2.52. The first kappa shape index (κ1) is 20.7. The quantitative estimate of drug-likeness (QED) is 0.647. The molecule has 0 aromatic heterocycles. The molecular weight excluding hydrogens is 348 g/mol. The molecule has 1 aromatic rings. The van der Waals surface area contributed by atoms with Gasteiger partial charge in [-0.25, -0.2) is 0 Å². The number of nitrogens with two attached hydrogens (primary N) is 1. The smallest absolute Gasteiger partial charge is 0.241 e. The maximum Gasteiger partial charge on any atom is 0.241 e. The highest BCUT2D eigenvalue weighted by molar-refractivity contribution is 7.98. The standard InChI is InChI=1S/C19H30N4O2S/c1-26-12-9-17(20)19(25)22-16-8-6-7-15(13-16)21-18(24)14-23-10-4-2-3-5-11-23/h6-8,13,17H,2-5,9-12,14,20H2,1H3,(H,21,24)(H,22,25)/t17-/m0/s1. The fraction of sp³-hybridized carbons (Fsp3) is 0.579. The van der Waals surface area contributed by atoms with Crippen LogP contribution in [-0.2, 0) is 9.59 Å². The average Bonchev–Trinajstić information content (AvgIpc) is 2.88. The average molecular weight is 379 g/mol. The Morgan fingerprint density at radius 2 is 1.81 bits per heavy atom. The molecule has 1 heterocycles. The van der Waals surface area contributed by atoms with Gasteiger partial charge in [0.25, 0.3) is 0 Å². The highest BCUT2D eigenvalue weighted by atomic mass is 32.2. The molecule has 0 spiro atoms. The van der Waals surface area contributed by atoms with E-state index < -0.39 is 6.04 Å². The van der Waals surface area contributed by atoms with Crippen LogP contribution in [0.15, 0.2) is 24.3 Å². The number of thioether (sulfide) groups is 1. The number of carbonyl (C=O) groups is 2. The minimum atomic E-state index is -0.524. The largest absolute Gasteiger partial charge is 0.325 e. The summed E-state index contributed by atoms with van der Waals surface area (Å²) < 4.78 is 0. The third-order valence-electron chi connectivity index (χ3n) is 4.45. The molecule has 1 saturated heterocycles. The summed E-state index contributed by atoms with van der Waals surface area (Å²) in [6.07, 6.45) is 7.44. The third kappa shape index (κ3) is 7.35. The number of likely N-dealkylation sites (tertiary alicyclic amines) is 1. The fourth-order valence-corrected chi connectivity index (χ4v) is 3.47. The Kier molecular flexibility index (Phi) is 8.94. The van der Waals surface area contributed by atoms with Gasteiger partial charge in [-0.1, -0.05) is 18.9 Å². The van der Waals surface area contributed by atoms with Crippen LogP contribution in [0.3, 0.4) is 0 Å². The van der Waals surface area contributed by atoms with Crippen LogP contribution in [0.2, 0.25) is 0 Å². The lowest BCUT2D eigenvalue weighted by atomic mass is 10.2. The molecule has 6 nitrogen and oxygen atoms in total. The summed E-state index contributed by atoms with van der Waals surface area (Å²) in [5.74, 6) is 0.625. The van der Waals surface area contributed by atoms with Gasteiger partial charge in [0.05, 0.1) is 12.6 Å². The van der Waals surface area contributed by atoms with Gasteiger partial charge in [0.2, 0.25) is 11.8 Å². The zero-order chi connectivity index (χ0) is 18.8. The second kappa shape index (κ2) is 11.2. The number of hydrogen-bond acceptors (Lipinski definition) is 5. The molecule has 0 radical (unpaired) electrons. The van der Waals surface area contributed by atoms with E-state index in [0.717, 1.165) is 31.7 Å². The van der Waals surface area contributed by atoms with Crippen LogP contribution in [-0.4, -0.2) is 54.4 Å². The summed E-state index contributed by atoms with van der Waals surface area (Å²) in [6.45, 7) is 2.38. The van der Waals surface area contributed by atoms with Crippen molar-refractivity contribution in [2.75, 3.05) is 42.3 Å². The van der Waals surface area contributed by atoms with Gasteiger partial charge >= 0.3 is 0 Å². The Bertz CT molecular complexity index is 589. The van der Waals surface area contributed by atoms with Crippen molar-refractivity contribution < 1.29 is 9.59 Å². The monoisotopic (exact) mass is 378 g/mol. The third-order valence-corrected chi connectivity index (χ3v) is 5.09. The summed E-state index contributed by atoms with van der Waals surface area (Å²) in [7, 11) is 0. The maximum absolute atomic E-state index is 12.3. The van der Waals surface area contributed by atoms with E-state index in [2.05, 4.69) is 15.5 Å². The van der Waals surface area contributed by atoms with Gasteiger partial charge in [0.1, 0.15) is 0 Å². The molecule has 7 heteroatoms. The predicted molar refractivity (Wildman–Crippen MR) is 110 cm³/mol. The first-order chi connectivity index (χ1) is 12.6. The lowest BCUT2D eigenvalue weighted by Crippen LogP contribution is -2.36. The summed E-state index contributed by atoms with van der Waals surface area (Å²) in [5.41, 5.74) is 7.21. The number of nitrogens with zero attached hydrogens (tertiary/aromatic N) is 1. The Morgan fingerprint density at radius 3 is 2.46 bits per heavy atom. The van der Waals surface area contributed by atoms with Gasteiger partial charge in [-0.2, -0.15) is 11.8 Å². The molecule has 144 valence electrons. The number of amides is 2. The molecule has 0 bridgehead atoms. The van der Waals surface area contributed by atoms with Crippen LogP contribution in [0.5, 0.6) is 0 Å². The summed E-state index contributed by atoms with van der Waals surface area (Å²) in [4.78, 5) is 26.6. The van der Waals surface area contributed by atoms with Crippen molar-refractivity contribution >= 4 is 35.0 Å². The molecule has 2 amide bonds.